The number of alkyl halides is 2. The summed E-state index contributed by atoms with van der Waals surface area (Å²) in [6.07, 6.45) is -3.12. The second kappa shape index (κ2) is 10.4. The zero-order valence-electron chi connectivity index (χ0n) is 14.4. The zero-order chi connectivity index (χ0) is 19.6. The Labute approximate surface area is 155 Å². The number of aliphatic hydroxyl groups is 2. The minimum Gasteiger partial charge on any atom is -0.445 e. The third-order valence-corrected chi connectivity index (χ3v) is 3.71. The van der Waals surface area contributed by atoms with Crippen molar-refractivity contribution in [1.29, 1.82) is 0 Å². The van der Waals surface area contributed by atoms with Crippen LogP contribution >= 0.6 is 0 Å². The first-order valence-corrected chi connectivity index (χ1v) is 8.31. The van der Waals surface area contributed by atoms with E-state index < -0.39 is 24.9 Å². The van der Waals surface area contributed by atoms with Crippen LogP contribution in [0.2, 0.25) is 0 Å². The molecule has 0 aliphatic heterocycles. The van der Waals surface area contributed by atoms with Crippen molar-refractivity contribution >= 4 is 6.09 Å². The van der Waals surface area contributed by atoms with E-state index in [1.807, 2.05) is 30.3 Å². The number of carbonyl (C=O) groups is 1. The summed E-state index contributed by atoms with van der Waals surface area (Å²) in [5.41, 5.74) is 1.07. The molecular formula is C19H21F2NO5. The van der Waals surface area contributed by atoms with Crippen LogP contribution in [-0.4, -0.2) is 35.6 Å². The molecule has 0 radical (unpaired) electrons. The summed E-state index contributed by atoms with van der Waals surface area (Å²) in [5, 5.41) is 22.6. The van der Waals surface area contributed by atoms with E-state index in [0.29, 0.717) is 0 Å². The highest BCUT2D eigenvalue weighted by molar-refractivity contribution is 5.67. The highest BCUT2D eigenvalue weighted by Crippen LogP contribution is 2.24. The Morgan fingerprint density at radius 2 is 1.81 bits per heavy atom. The maximum absolute atomic E-state index is 12.2. The molecule has 6 nitrogen and oxygen atoms in total. The van der Waals surface area contributed by atoms with Crippen molar-refractivity contribution in [2.24, 2.45) is 0 Å². The number of ether oxygens (including phenoxy) is 2. The van der Waals surface area contributed by atoms with E-state index in [-0.39, 0.29) is 30.9 Å². The SMILES string of the molecule is O=C(NCCC(O)C(O)c1cccc(OC(F)F)c1)OCc1ccccc1. The summed E-state index contributed by atoms with van der Waals surface area (Å²) >= 11 is 0. The van der Waals surface area contributed by atoms with Gasteiger partial charge in [-0.05, 0) is 29.7 Å². The average Bonchev–Trinajstić information content (AvgIpc) is 2.66. The molecule has 0 bridgehead atoms. The van der Waals surface area contributed by atoms with E-state index in [9.17, 15) is 23.8 Å². The Bertz CT molecular complexity index is 714. The van der Waals surface area contributed by atoms with E-state index in [2.05, 4.69) is 10.1 Å². The van der Waals surface area contributed by atoms with Gasteiger partial charge in [0, 0.05) is 6.54 Å². The van der Waals surface area contributed by atoms with Crippen molar-refractivity contribution in [3.63, 3.8) is 0 Å². The molecule has 0 aliphatic rings. The molecule has 146 valence electrons. The first-order valence-electron chi connectivity index (χ1n) is 8.31. The summed E-state index contributed by atoms with van der Waals surface area (Å²) in [5.74, 6) is -0.114. The number of halogens is 2. The highest BCUT2D eigenvalue weighted by atomic mass is 19.3. The number of amides is 1. The van der Waals surface area contributed by atoms with Crippen LogP contribution in [0, 0.1) is 0 Å². The summed E-state index contributed by atoms with van der Waals surface area (Å²) in [6.45, 7) is -2.79. The fourth-order valence-corrected chi connectivity index (χ4v) is 2.35. The highest BCUT2D eigenvalue weighted by Gasteiger charge is 2.19. The zero-order valence-corrected chi connectivity index (χ0v) is 14.4. The Kier molecular flexibility index (Phi) is 7.97. The number of carbonyl (C=O) groups excluding carboxylic acids is 1. The van der Waals surface area contributed by atoms with Gasteiger partial charge in [-0.2, -0.15) is 8.78 Å². The second-order valence-corrected chi connectivity index (χ2v) is 5.74. The minimum atomic E-state index is -2.98. The molecule has 3 N–H and O–H groups in total. The molecule has 27 heavy (non-hydrogen) atoms. The van der Waals surface area contributed by atoms with Crippen LogP contribution in [0.1, 0.15) is 23.7 Å². The molecule has 2 aromatic rings. The van der Waals surface area contributed by atoms with Crippen molar-refractivity contribution < 1.29 is 33.3 Å². The van der Waals surface area contributed by atoms with Crippen LogP contribution < -0.4 is 10.1 Å². The lowest BCUT2D eigenvalue weighted by Crippen LogP contribution is -2.29. The van der Waals surface area contributed by atoms with E-state index >= 15 is 0 Å². The molecule has 0 heterocycles. The fourth-order valence-electron chi connectivity index (χ4n) is 2.35. The van der Waals surface area contributed by atoms with Crippen LogP contribution in [0.5, 0.6) is 5.75 Å². The molecule has 2 atom stereocenters. The van der Waals surface area contributed by atoms with Crippen LogP contribution in [0.25, 0.3) is 0 Å². The smallest absolute Gasteiger partial charge is 0.407 e. The molecule has 0 aromatic heterocycles. The average molecular weight is 381 g/mol. The van der Waals surface area contributed by atoms with Gasteiger partial charge in [-0.25, -0.2) is 4.79 Å². The number of rotatable bonds is 9. The quantitative estimate of drug-likeness (QED) is 0.622. The minimum absolute atomic E-state index is 0.0432. The Morgan fingerprint density at radius 1 is 1.07 bits per heavy atom. The number of aliphatic hydroxyl groups excluding tert-OH is 2. The van der Waals surface area contributed by atoms with E-state index in [0.717, 1.165) is 5.56 Å². The third kappa shape index (κ3) is 7.20. The molecule has 2 unspecified atom stereocenters. The first-order chi connectivity index (χ1) is 13.0. The number of alkyl carbamates (subject to hydrolysis) is 1. The Morgan fingerprint density at radius 3 is 2.52 bits per heavy atom. The van der Waals surface area contributed by atoms with Crippen LogP contribution in [0.4, 0.5) is 13.6 Å². The Hall–Kier alpha value is -2.71. The normalized spacial score (nSPS) is 13.1. The molecule has 2 rings (SSSR count). The first kappa shape index (κ1) is 20.6. The second-order valence-electron chi connectivity index (χ2n) is 5.74. The van der Waals surface area contributed by atoms with Gasteiger partial charge in [0.05, 0.1) is 6.10 Å². The van der Waals surface area contributed by atoms with Crippen molar-refractivity contribution in [2.75, 3.05) is 6.54 Å². The summed E-state index contributed by atoms with van der Waals surface area (Å²) < 4.78 is 33.8. The lowest BCUT2D eigenvalue weighted by molar-refractivity contribution is -0.0501. The van der Waals surface area contributed by atoms with Gasteiger partial charge in [0.1, 0.15) is 18.5 Å². The van der Waals surface area contributed by atoms with Gasteiger partial charge in [0.25, 0.3) is 0 Å². The lowest BCUT2D eigenvalue weighted by Gasteiger charge is -2.19. The van der Waals surface area contributed by atoms with Crippen LogP contribution in [-0.2, 0) is 11.3 Å². The maximum Gasteiger partial charge on any atom is 0.407 e. The van der Waals surface area contributed by atoms with Crippen LogP contribution in [0.3, 0.4) is 0 Å². The fraction of sp³-hybridized carbons (Fsp3) is 0.316. The number of benzene rings is 2. The summed E-state index contributed by atoms with van der Waals surface area (Å²) in [6, 6.07) is 14.6. The standard InChI is InChI=1S/C19H21F2NO5/c20-18(21)27-15-8-4-7-14(11-15)17(24)16(23)9-10-22-19(25)26-12-13-5-2-1-3-6-13/h1-8,11,16-18,23-24H,9-10,12H2,(H,22,25). The van der Waals surface area contributed by atoms with Crippen molar-refractivity contribution in [3.05, 3.63) is 65.7 Å². The van der Waals surface area contributed by atoms with Gasteiger partial charge in [0.2, 0.25) is 0 Å². The van der Waals surface area contributed by atoms with Gasteiger partial charge in [-0.3, -0.25) is 0 Å². The molecule has 1 amide bonds. The van der Waals surface area contributed by atoms with Gasteiger partial charge < -0.3 is 25.0 Å². The van der Waals surface area contributed by atoms with Crippen LogP contribution in [0.15, 0.2) is 54.6 Å². The monoisotopic (exact) mass is 381 g/mol. The van der Waals surface area contributed by atoms with Crippen molar-refractivity contribution in [3.8, 4) is 5.75 Å². The predicted molar refractivity (Wildman–Crippen MR) is 93.3 cm³/mol. The largest absolute Gasteiger partial charge is 0.445 e. The lowest BCUT2D eigenvalue weighted by atomic mass is 10.0. The van der Waals surface area contributed by atoms with Gasteiger partial charge in [-0.1, -0.05) is 42.5 Å². The third-order valence-electron chi connectivity index (χ3n) is 3.71. The molecule has 0 saturated carbocycles. The predicted octanol–water partition coefficient (Wildman–Crippen LogP) is 3.00. The molecule has 0 aliphatic carbocycles. The van der Waals surface area contributed by atoms with Crippen molar-refractivity contribution in [2.45, 2.75) is 31.8 Å². The maximum atomic E-state index is 12.2. The Balaban J connectivity index is 1.74. The van der Waals surface area contributed by atoms with Gasteiger partial charge >= 0.3 is 12.7 Å². The van der Waals surface area contributed by atoms with E-state index in [4.69, 9.17) is 4.74 Å². The molecule has 8 heteroatoms. The molecule has 0 spiro atoms. The summed E-state index contributed by atoms with van der Waals surface area (Å²) in [7, 11) is 0. The van der Waals surface area contributed by atoms with Gasteiger partial charge in [-0.15, -0.1) is 0 Å². The van der Waals surface area contributed by atoms with E-state index in [1.165, 1.54) is 24.3 Å². The number of nitrogens with one attached hydrogen (secondary N) is 1. The number of hydrogen-bond donors (Lipinski definition) is 3. The summed E-state index contributed by atoms with van der Waals surface area (Å²) in [4.78, 5) is 11.6. The van der Waals surface area contributed by atoms with Crippen molar-refractivity contribution in [1.82, 2.24) is 5.32 Å². The van der Waals surface area contributed by atoms with Gasteiger partial charge in [0.15, 0.2) is 0 Å². The molecule has 0 fully saturated rings. The van der Waals surface area contributed by atoms with E-state index in [1.54, 1.807) is 0 Å². The molecule has 0 saturated heterocycles. The molecular weight excluding hydrogens is 360 g/mol. The molecule has 2 aromatic carbocycles. The topological polar surface area (TPSA) is 88.0 Å². The number of hydrogen-bond acceptors (Lipinski definition) is 5.